The van der Waals surface area contributed by atoms with E-state index in [-0.39, 0.29) is 4.91 Å². The lowest BCUT2D eigenvalue weighted by Crippen LogP contribution is -2.17. The summed E-state index contributed by atoms with van der Waals surface area (Å²) in [4.78, 5) is 26.8. The van der Waals surface area contributed by atoms with Gasteiger partial charge in [-0.25, -0.2) is 12.8 Å². The molecule has 1 aromatic carbocycles. The maximum Gasteiger partial charge on any atom is 0.290 e. The molecule has 10 heteroatoms. The van der Waals surface area contributed by atoms with Crippen molar-refractivity contribution in [1.29, 1.82) is 0 Å². The molecule has 7 nitrogen and oxygen atoms in total. The molecule has 3 heterocycles. The SMILES string of the molecule is CS(=O)(=O)c1ccc(-c2cncc3cc(/C=C4/SC(=O)NC4=O)oc23)cc1F. The van der Waals surface area contributed by atoms with Crippen LogP contribution in [0.3, 0.4) is 0 Å². The number of rotatable bonds is 3. The molecular formula is C18H11FN2O5S2. The van der Waals surface area contributed by atoms with Gasteiger partial charge < -0.3 is 4.42 Å². The second-order valence-corrected chi connectivity index (χ2v) is 9.02. The number of amides is 2. The van der Waals surface area contributed by atoms with Crippen LogP contribution in [-0.2, 0) is 14.6 Å². The number of pyridine rings is 1. The van der Waals surface area contributed by atoms with Gasteiger partial charge in [0.15, 0.2) is 9.84 Å². The quantitative estimate of drug-likeness (QED) is 0.650. The van der Waals surface area contributed by atoms with E-state index in [1.54, 1.807) is 12.3 Å². The maximum absolute atomic E-state index is 14.3. The Hall–Kier alpha value is -2.98. The number of hydrogen-bond acceptors (Lipinski definition) is 7. The van der Waals surface area contributed by atoms with Crippen LogP contribution in [0.25, 0.3) is 28.2 Å². The topological polar surface area (TPSA) is 106 Å². The van der Waals surface area contributed by atoms with Crippen LogP contribution in [0, 0.1) is 5.82 Å². The summed E-state index contributed by atoms with van der Waals surface area (Å²) < 4.78 is 43.2. The van der Waals surface area contributed by atoms with Crippen LogP contribution in [-0.4, -0.2) is 30.8 Å². The zero-order chi connectivity index (χ0) is 20.1. The molecule has 1 fully saturated rings. The molecule has 1 aliphatic rings. The molecule has 2 aromatic heterocycles. The van der Waals surface area contributed by atoms with Crippen LogP contribution in [0.1, 0.15) is 5.76 Å². The largest absolute Gasteiger partial charge is 0.456 e. The van der Waals surface area contributed by atoms with Gasteiger partial charge in [0, 0.05) is 35.7 Å². The molecular weight excluding hydrogens is 407 g/mol. The van der Waals surface area contributed by atoms with E-state index in [2.05, 4.69) is 10.3 Å². The van der Waals surface area contributed by atoms with E-state index in [4.69, 9.17) is 4.42 Å². The molecule has 4 rings (SSSR count). The lowest BCUT2D eigenvalue weighted by atomic mass is 10.1. The van der Waals surface area contributed by atoms with Gasteiger partial charge in [-0.15, -0.1) is 0 Å². The fourth-order valence-electron chi connectivity index (χ4n) is 2.78. The van der Waals surface area contributed by atoms with Crippen molar-refractivity contribution >= 4 is 49.8 Å². The molecule has 1 aliphatic heterocycles. The molecule has 28 heavy (non-hydrogen) atoms. The second-order valence-electron chi connectivity index (χ2n) is 6.02. The number of carbonyl (C=O) groups is 2. The smallest absolute Gasteiger partial charge is 0.290 e. The first kappa shape index (κ1) is 18.4. The van der Waals surface area contributed by atoms with Crippen LogP contribution < -0.4 is 5.32 Å². The molecule has 0 radical (unpaired) electrons. The normalized spacial score (nSPS) is 16.1. The van der Waals surface area contributed by atoms with Crippen molar-refractivity contribution in [1.82, 2.24) is 10.3 Å². The van der Waals surface area contributed by atoms with Crippen LogP contribution in [0.15, 0.2) is 50.9 Å². The maximum atomic E-state index is 14.3. The Morgan fingerprint density at radius 2 is 2.00 bits per heavy atom. The van der Waals surface area contributed by atoms with Crippen molar-refractivity contribution in [2.24, 2.45) is 0 Å². The van der Waals surface area contributed by atoms with Crippen molar-refractivity contribution in [3.05, 3.63) is 53.1 Å². The van der Waals surface area contributed by atoms with Crippen LogP contribution in [0.5, 0.6) is 0 Å². The predicted octanol–water partition coefficient (Wildman–Crippen LogP) is 3.36. The Labute approximate surface area is 162 Å². The lowest BCUT2D eigenvalue weighted by molar-refractivity contribution is -0.115. The van der Waals surface area contributed by atoms with Crippen LogP contribution >= 0.6 is 11.8 Å². The Kier molecular flexibility index (Phi) is 4.31. The number of sulfone groups is 1. The number of nitrogens with one attached hydrogen (secondary N) is 1. The monoisotopic (exact) mass is 418 g/mol. The summed E-state index contributed by atoms with van der Waals surface area (Å²) in [5.41, 5.74) is 1.24. The number of halogens is 1. The van der Waals surface area contributed by atoms with Gasteiger partial charge in [-0.2, -0.15) is 0 Å². The van der Waals surface area contributed by atoms with E-state index >= 15 is 0 Å². The number of aromatic nitrogens is 1. The van der Waals surface area contributed by atoms with E-state index in [0.29, 0.717) is 27.9 Å². The van der Waals surface area contributed by atoms with E-state index in [1.807, 2.05) is 0 Å². The molecule has 0 aliphatic carbocycles. The van der Waals surface area contributed by atoms with Crippen molar-refractivity contribution in [2.45, 2.75) is 4.90 Å². The molecule has 1 saturated heterocycles. The number of thioether (sulfide) groups is 1. The highest BCUT2D eigenvalue weighted by Crippen LogP contribution is 2.33. The van der Waals surface area contributed by atoms with Crippen molar-refractivity contribution < 1.29 is 26.8 Å². The Balaban J connectivity index is 1.80. The van der Waals surface area contributed by atoms with Gasteiger partial charge in [-0.05, 0) is 35.5 Å². The fraction of sp³-hybridized carbons (Fsp3) is 0.0556. The number of imide groups is 1. The Morgan fingerprint density at radius 1 is 1.21 bits per heavy atom. The average molecular weight is 418 g/mol. The summed E-state index contributed by atoms with van der Waals surface area (Å²) in [6, 6.07) is 5.40. The van der Waals surface area contributed by atoms with Gasteiger partial charge in [0.1, 0.15) is 22.1 Å². The molecule has 0 atom stereocenters. The number of carbonyl (C=O) groups excluding carboxylic acids is 2. The highest BCUT2D eigenvalue weighted by molar-refractivity contribution is 8.18. The number of hydrogen-bond donors (Lipinski definition) is 1. The van der Waals surface area contributed by atoms with Gasteiger partial charge in [0.25, 0.3) is 11.1 Å². The summed E-state index contributed by atoms with van der Waals surface area (Å²) in [5.74, 6) is -1.06. The van der Waals surface area contributed by atoms with E-state index < -0.39 is 31.7 Å². The Bertz CT molecular complexity index is 1290. The number of furan rings is 1. The first-order valence-electron chi connectivity index (χ1n) is 7.85. The van der Waals surface area contributed by atoms with E-state index in [1.165, 1.54) is 24.4 Å². The summed E-state index contributed by atoms with van der Waals surface area (Å²) in [7, 11) is -3.68. The van der Waals surface area contributed by atoms with Gasteiger partial charge in [-0.1, -0.05) is 6.07 Å². The van der Waals surface area contributed by atoms with E-state index in [0.717, 1.165) is 24.1 Å². The zero-order valence-electron chi connectivity index (χ0n) is 14.2. The number of fused-ring (bicyclic) bond motifs is 1. The van der Waals surface area contributed by atoms with Gasteiger partial charge in [0.05, 0.1) is 4.91 Å². The fourth-order valence-corrected chi connectivity index (χ4v) is 4.17. The summed E-state index contributed by atoms with van der Waals surface area (Å²) >= 11 is 0.764. The third-order valence-electron chi connectivity index (χ3n) is 4.00. The van der Waals surface area contributed by atoms with Gasteiger partial charge >= 0.3 is 0 Å². The lowest BCUT2D eigenvalue weighted by Gasteiger charge is -2.05. The van der Waals surface area contributed by atoms with Crippen LogP contribution in [0.4, 0.5) is 9.18 Å². The van der Waals surface area contributed by atoms with Crippen molar-refractivity contribution in [3.63, 3.8) is 0 Å². The molecule has 0 spiro atoms. The summed E-state index contributed by atoms with van der Waals surface area (Å²) in [5, 5.41) is 2.30. The second kappa shape index (κ2) is 6.57. The molecule has 142 valence electrons. The molecule has 1 N–H and O–H groups in total. The molecule has 0 unspecified atom stereocenters. The molecule has 0 bridgehead atoms. The molecule has 3 aromatic rings. The van der Waals surface area contributed by atoms with Gasteiger partial charge in [-0.3, -0.25) is 19.9 Å². The minimum absolute atomic E-state index is 0.196. The third kappa shape index (κ3) is 3.32. The highest BCUT2D eigenvalue weighted by Gasteiger charge is 2.25. The molecule has 2 amide bonds. The van der Waals surface area contributed by atoms with Crippen molar-refractivity contribution in [3.8, 4) is 11.1 Å². The van der Waals surface area contributed by atoms with Crippen molar-refractivity contribution in [2.75, 3.05) is 6.26 Å². The number of nitrogens with zero attached hydrogens (tertiary/aromatic N) is 1. The molecule has 0 saturated carbocycles. The first-order valence-corrected chi connectivity index (χ1v) is 10.6. The zero-order valence-corrected chi connectivity index (χ0v) is 15.9. The average Bonchev–Trinajstić information content (AvgIpc) is 3.15. The minimum atomic E-state index is -3.68. The summed E-state index contributed by atoms with van der Waals surface area (Å²) in [6.07, 6.45) is 5.38. The van der Waals surface area contributed by atoms with E-state index in [9.17, 15) is 22.4 Å². The predicted molar refractivity (Wildman–Crippen MR) is 102 cm³/mol. The third-order valence-corrected chi connectivity index (χ3v) is 5.94. The first-order chi connectivity index (χ1) is 13.2. The number of benzene rings is 1. The van der Waals surface area contributed by atoms with Crippen LogP contribution in [0.2, 0.25) is 0 Å². The minimum Gasteiger partial charge on any atom is -0.456 e. The Morgan fingerprint density at radius 3 is 2.64 bits per heavy atom. The van der Waals surface area contributed by atoms with Gasteiger partial charge in [0.2, 0.25) is 0 Å². The standard InChI is InChI=1S/C18H11FN2O5S2/c1-28(24,25)15-3-2-9(5-13(15)19)12-8-20-7-10-4-11(26-16(10)12)6-14-17(22)21-18(23)27-14/h2-8H,1H3,(H,21,22,23)/b14-6+. The summed E-state index contributed by atoms with van der Waals surface area (Å²) in [6.45, 7) is 0. The highest BCUT2D eigenvalue weighted by atomic mass is 32.2.